The zero-order valence-corrected chi connectivity index (χ0v) is 18.0. The Hall–Kier alpha value is -3.38. The molecule has 0 aliphatic carbocycles. The predicted octanol–water partition coefficient (Wildman–Crippen LogP) is 5.44. The fourth-order valence-electron chi connectivity index (χ4n) is 4.01. The van der Waals surface area contributed by atoms with Crippen LogP contribution in [0, 0.1) is 0 Å². The van der Waals surface area contributed by atoms with Gasteiger partial charge in [0.1, 0.15) is 5.82 Å². The number of aromatic nitrogens is 2. The number of anilines is 3. The summed E-state index contributed by atoms with van der Waals surface area (Å²) in [5, 5.41) is 4.93. The molecule has 1 amide bonds. The van der Waals surface area contributed by atoms with Crippen molar-refractivity contribution < 1.29 is 4.79 Å². The van der Waals surface area contributed by atoms with E-state index >= 15 is 0 Å². The van der Waals surface area contributed by atoms with Crippen molar-refractivity contribution in [1.29, 1.82) is 0 Å². The van der Waals surface area contributed by atoms with Gasteiger partial charge < -0.3 is 10.2 Å². The van der Waals surface area contributed by atoms with E-state index < -0.39 is 0 Å². The summed E-state index contributed by atoms with van der Waals surface area (Å²) in [6.07, 6.45) is 0.893. The summed E-state index contributed by atoms with van der Waals surface area (Å²) in [4.78, 5) is 24.4. The van der Waals surface area contributed by atoms with Crippen molar-refractivity contribution in [3.63, 3.8) is 0 Å². The van der Waals surface area contributed by atoms with Crippen LogP contribution in [-0.2, 0) is 11.2 Å². The van der Waals surface area contributed by atoms with E-state index in [9.17, 15) is 4.79 Å². The molecule has 0 spiro atoms. The third-order valence-corrected chi connectivity index (χ3v) is 6.25. The van der Waals surface area contributed by atoms with Gasteiger partial charge in [-0.1, -0.05) is 60.3 Å². The van der Waals surface area contributed by atoms with Crippen molar-refractivity contribution in [3.8, 4) is 0 Å². The van der Waals surface area contributed by atoms with Crippen LogP contribution < -0.4 is 10.2 Å². The molecule has 5 rings (SSSR count). The van der Waals surface area contributed by atoms with E-state index in [1.54, 1.807) is 0 Å². The van der Waals surface area contributed by atoms with Gasteiger partial charge in [0.25, 0.3) is 0 Å². The number of hydrogen-bond acceptors (Lipinski definition) is 5. The highest BCUT2D eigenvalue weighted by molar-refractivity contribution is 7.99. The van der Waals surface area contributed by atoms with Gasteiger partial charge in [0.05, 0.1) is 11.3 Å². The molecule has 1 aromatic heterocycles. The molecular weight excluding hydrogens is 404 g/mol. The Labute approximate surface area is 185 Å². The monoisotopic (exact) mass is 426 g/mol. The molecule has 0 saturated heterocycles. The lowest BCUT2D eigenvalue weighted by Gasteiger charge is -2.22. The van der Waals surface area contributed by atoms with Crippen molar-refractivity contribution >= 4 is 45.8 Å². The van der Waals surface area contributed by atoms with Crippen LogP contribution in [0.25, 0.3) is 10.9 Å². The highest BCUT2D eigenvalue weighted by Crippen LogP contribution is 2.33. The van der Waals surface area contributed by atoms with Gasteiger partial charge in [-0.25, -0.2) is 9.97 Å². The lowest BCUT2D eigenvalue weighted by Crippen LogP contribution is -2.37. The molecule has 0 unspecified atom stereocenters. The standard InChI is InChI=1S/C25H22N4OS/c1-17-15-18-9-5-8-14-22(18)29(17)23(30)16-31-25-27-21-13-7-6-12-20(21)24(28-25)26-19-10-3-2-4-11-19/h2-14,17H,15-16H2,1H3,(H,26,27,28)/t17-/m1/s1. The summed E-state index contributed by atoms with van der Waals surface area (Å²) >= 11 is 1.38. The first-order valence-corrected chi connectivity index (χ1v) is 11.3. The number of rotatable bonds is 5. The Morgan fingerprint density at radius 1 is 1.00 bits per heavy atom. The van der Waals surface area contributed by atoms with Gasteiger partial charge in [-0.3, -0.25) is 4.79 Å². The maximum atomic E-state index is 13.1. The first-order chi connectivity index (χ1) is 15.2. The third kappa shape index (κ3) is 3.99. The lowest BCUT2D eigenvalue weighted by molar-refractivity contribution is -0.116. The molecule has 5 nitrogen and oxygen atoms in total. The Morgan fingerprint density at radius 2 is 1.74 bits per heavy atom. The first kappa shape index (κ1) is 19.6. The summed E-state index contributed by atoms with van der Waals surface area (Å²) in [6, 6.07) is 26.2. The first-order valence-electron chi connectivity index (χ1n) is 10.3. The second kappa shape index (κ2) is 8.40. The number of fused-ring (bicyclic) bond motifs is 2. The minimum absolute atomic E-state index is 0.0803. The van der Waals surface area contributed by atoms with Crippen molar-refractivity contribution in [2.45, 2.75) is 24.5 Å². The van der Waals surface area contributed by atoms with Gasteiger partial charge in [0, 0.05) is 22.8 Å². The molecule has 3 aromatic carbocycles. The minimum Gasteiger partial charge on any atom is -0.340 e. The summed E-state index contributed by atoms with van der Waals surface area (Å²) in [6.45, 7) is 2.09. The van der Waals surface area contributed by atoms with Crippen LogP contribution in [0.4, 0.5) is 17.2 Å². The zero-order chi connectivity index (χ0) is 21.2. The lowest BCUT2D eigenvalue weighted by atomic mass is 10.1. The van der Waals surface area contributed by atoms with Gasteiger partial charge in [-0.2, -0.15) is 0 Å². The molecular formula is C25H22N4OS. The number of carbonyl (C=O) groups is 1. The normalized spacial score (nSPS) is 15.1. The van der Waals surface area contributed by atoms with Crippen molar-refractivity contribution in [2.75, 3.05) is 16.0 Å². The molecule has 4 aromatic rings. The SMILES string of the molecule is C[C@@H]1Cc2ccccc2N1C(=O)CSc1nc(Nc2ccccc2)c2ccccc2n1. The summed E-state index contributed by atoms with van der Waals surface area (Å²) < 4.78 is 0. The van der Waals surface area contributed by atoms with Gasteiger partial charge >= 0.3 is 0 Å². The van der Waals surface area contributed by atoms with Crippen LogP contribution in [0.15, 0.2) is 84.0 Å². The molecule has 1 atom stereocenters. The Morgan fingerprint density at radius 3 is 2.61 bits per heavy atom. The smallest absolute Gasteiger partial charge is 0.237 e. The molecule has 31 heavy (non-hydrogen) atoms. The largest absolute Gasteiger partial charge is 0.340 e. The molecule has 0 radical (unpaired) electrons. The Balaban J connectivity index is 1.39. The molecule has 0 bridgehead atoms. The Bertz CT molecular complexity index is 1240. The maximum absolute atomic E-state index is 13.1. The van der Waals surface area contributed by atoms with Gasteiger partial charge in [0.2, 0.25) is 5.91 Å². The predicted molar refractivity (Wildman–Crippen MR) is 127 cm³/mol. The van der Waals surface area contributed by atoms with E-state index in [-0.39, 0.29) is 11.9 Å². The number of para-hydroxylation sites is 3. The van der Waals surface area contributed by atoms with Gasteiger partial charge in [-0.05, 0) is 49.2 Å². The van der Waals surface area contributed by atoms with Crippen molar-refractivity contribution in [2.24, 2.45) is 0 Å². The van der Waals surface area contributed by atoms with E-state index in [1.165, 1.54) is 17.3 Å². The summed E-state index contributed by atoms with van der Waals surface area (Å²) in [7, 11) is 0. The van der Waals surface area contributed by atoms with Crippen LogP contribution in [0.2, 0.25) is 0 Å². The highest BCUT2D eigenvalue weighted by atomic mass is 32.2. The number of amides is 1. The summed E-state index contributed by atoms with van der Waals surface area (Å²) in [5.74, 6) is 1.12. The van der Waals surface area contributed by atoms with Gasteiger partial charge in [-0.15, -0.1) is 0 Å². The molecule has 0 saturated carbocycles. The van der Waals surface area contributed by atoms with Crippen LogP contribution >= 0.6 is 11.8 Å². The van der Waals surface area contributed by atoms with E-state index in [4.69, 9.17) is 4.98 Å². The number of hydrogen-bond donors (Lipinski definition) is 1. The van der Waals surface area contributed by atoms with Crippen molar-refractivity contribution in [1.82, 2.24) is 9.97 Å². The topological polar surface area (TPSA) is 58.1 Å². The molecule has 1 N–H and O–H groups in total. The van der Waals surface area contributed by atoms with E-state index in [0.717, 1.165) is 34.5 Å². The van der Waals surface area contributed by atoms with E-state index in [0.29, 0.717) is 10.9 Å². The minimum atomic E-state index is 0.0803. The fraction of sp³-hybridized carbons (Fsp3) is 0.160. The quantitative estimate of drug-likeness (QED) is 0.340. The average Bonchev–Trinajstić information content (AvgIpc) is 3.14. The van der Waals surface area contributed by atoms with Crippen molar-refractivity contribution in [3.05, 3.63) is 84.4 Å². The zero-order valence-electron chi connectivity index (χ0n) is 17.2. The van der Waals surface area contributed by atoms with E-state index in [1.807, 2.05) is 77.7 Å². The highest BCUT2D eigenvalue weighted by Gasteiger charge is 2.30. The molecule has 0 fully saturated rings. The van der Waals surface area contributed by atoms with E-state index in [2.05, 4.69) is 23.3 Å². The molecule has 1 aliphatic rings. The molecule has 2 heterocycles. The number of nitrogens with one attached hydrogen (secondary N) is 1. The number of thioether (sulfide) groups is 1. The maximum Gasteiger partial charge on any atom is 0.237 e. The van der Waals surface area contributed by atoms with Crippen LogP contribution in [0.5, 0.6) is 0 Å². The van der Waals surface area contributed by atoms with Gasteiger partial charge in [0.15, 0.2) is 5.16 Å². The molecule has 6 heteroatoms. The van der Waals surface area contributed by atoms with Crippen LogP contribution in [0.1, 0.15) is 12.5 Å². The number of benzene rings is 3. The fourth-order valence-corrected chi connectivity index (χ4v) is 4.73. The average molecular weight is 427 g/mol. The second-order valence-corrected chi connectivity index (χ2v) is 8.54. The Kier molecular flexibility index (Phi) is 5.30. The third-order valence-electron chi connectivity index (χ3n) is 5.42. The summed E-state index contributed by atoms with van der Waals surface area (Å²) in [5.41, 5.74) is 4.06. The second-order valence-electron chi connectivity index (χ2n) is 7.60. The molecule has 1 aliphatic heterocycles. The number of carbonyl (C=O) groups excluding carboxylic acids is 1. The van der Waals surface area contributed by atoms with Crippen LogP contribution in [-0.4, -0.2) is 27.7 Å². The number of nitrogens with zero attached hydrogens (tertiary/aromatic N) is 3. The molecule has 154 valence electrons. The van der Waals surface area contributed by atoms with Crippen LogP contribution in [0.3, 0.4) is 0 Å².